The quantitative estimate of drug-likeness (QED) is 0.342. The van der Waals surface area contributed by atoms with Crippen LogP contribution in [0.25, 0.3) is 0 Å². The molecule has 0 aliphatic heterocycles. The summed E-state index contributed by atoms with van der Waals surface area (Å²) in [5.74, 6) is 0.0899. The van der Waals surface area contributed by atoms with Crippen LogP contribution in [0.5, 0.6) is 0 Å². The van der Waals surface area contributed by atoms with Crippen LogP contribution in [0, 0.1) is 6.92 Å². The molecule has 14 heavy (non-hydrogen) atoms. The van der Waals surface area contributed by atoms with E-state index in [1.54, 1.807) is 6.07 Å². The SMILES string of the molecule is CCc1cc(C)c(/C(N)=N/O)cc1Cl. The molecule has 76 valence electrons. The number of hydrogen-bond donors (Lipinski definition) is 2. The van der Waals surface area contributed by atoms with Crippen LogP contribution in [-0.4, -0.2) is 11.0 Å². The van der Waals surface area contributed by atoms with Crippen LogP contribution in [-0.2, 0) is 6.42 Å². The van der Waals surface area contributed by atoms with Crippen molar-refractivity contribution in [2.24, 2.45) is 10.9 Å². The molecule has 0 fully saturated rings. The topological polar surface area (TPSA) is 58.6 Å². The van der Waals surface area contributed by atoms with Gasteiger partial charge in [-0.2, -0.15) is 0 Å². The second-order valence-corrected chi connectivity index (χ2v) is 3.50. The van der Waals surface area contributed by atoms with Gasteiger partial charge in [0.15, 0.2) is 5.84 Å². The summed E-state index contributed by atoms with van der Waals surface area (Å²) in [5.41, 5.74) is 8.20. The predicted molar refractivity (Wildman–Crippen MR) is 58.1 cm³/mol. The molecule has 4 heteroatoms. The Balaban J connectivity index is 3.29. The zero-order valence-corrected chi connectivity index (χ0v) is 8.97. The van der Waals surface area contributed by atoms with Crippen molar-refractivity contribution in [3.63, 3.8) is 0 Å². The van der Waals surface area contributed by atoms with Gasteiger partial charge in [-0.1, -0.05) is 29.7 Å². The van der Waals surface area contributed by atoms with E-state index in [-0.39, 0.29) is 5.84 Å². The van der Waals surface area contributed by atoms with Crippen LogP contribution in [0.1, 0.15) is 23.6 Å². The van der Waals surface area contributed by atoms with E-state index in [4.69, 9.17) is 22.5 Å². The van der Waals surface area contributed by atoms with Gasteiger partial charge in [0.25, 0.3) is 0 Å². The average molecular weight is 213 g/mol. The van der Waals surface area contributed by atoms with E-state index in [1.807, 2.05) is 19.9 Å². The normalized spacial score (nSPS) is 11.8. The van der Waals surface area contributed by atoms with E-state index in [0.717, 1.165) is 17.5 Å². The van der Waals surface area contributed by atoms with Gasteiger partial charge in [0.05, 0.1) is 0 Å². The van der Waals surface area contributed by atoms with Crippen molar-refractivity contribution in [1.29, 1.82) is 0 Å². The van der Waals surface area contributed by atoms with Crippen LogP contribution in [0.2, 0.25) is 5.02 Å². The molecule has 1 rings (SSSR count). The fraction of sp³-hybridized carbons (Fsp3) is 0.300. The van der Waals surface area contributed by atoms with Crippen molar-refractivity contribution in [1.82, 2.24) is 0 Å². The minimum absolute atomic E-state index is 0.0899. The molecular formula is C10H13ClN2O. The number of rotatable bonds is 2. The van der Waals surface area contributed by atoms with Gasteiger partial charge in [0.2, 0.25) is 0 Å². The molecule has 3 nitrogen and oxygen atoms in total. The molecule has 0 saturated carbocycles. The third kappa shape index (κ3) is 1.99. The maximum Gasteiger partial charge on any atom is 0.170 e. The number of amidine groups is 1. The highest BCUT2D eigenvalue weighted by Gasteiger charge is 2.07. The Morgan fingerprint density at radius 2 is 2.21 bits per heavy atom. The summed E-state index contributed by atoms with van der Waals surface area (Å²) in [6.45, 7) is 3.94. The second-order valence-electron chi connectivity index (χ2n) is 3.10. The zero-order valence-electron chi connectivity index (χ0n) is 8.21. The van der Waals surface area contributed by atoms with Gasteiger partial charge in [-0.05, 0) is 30.5 Å². The minimum atomic E-state index is 0.0899. The van der Waals surface area contributed by atoms with Gasteiger partial charge in [0, 0.05) is 10.6 Å². The van der Waals surface area contributed by atoms with Gasteiger partial charge >= 0.3 is 0 Å². The Hall–Kier alpha value is -1.22. The van der Waals surface area contributed by atoms with Crippen LogP contribution < -0.4 is 5.73 Å². The van der Waals surface area contributed by atoms with Crippen LogP contribution in [0.3, 0.4) is 0 Å². The van der Waals surface area contributed by atoms with Crippen LogP contribution >= 0.6 is 11.6 Å². The first-order valence-electron chi connectivity index (χ1n) is 4.37. The summed E-state index contributed by atoms with van der Waals surface area (Å²) in [5, 5.41) is 12.2. The molecule has 1 aromatic carbocycles. The van der Waals surface area contributed by atoms with Crippen molar-refractivity contribution in [2.75, 3.05) is 0 Å². The Morgan fingerprint density at radius 1 is 1.57 bits per heavy atom. The van der Waals surface area contributed by atoms with Gasteiger partial charge in [-0.3, -0.25) is 0 Å². The standard InChI is InChI=1S/C10H13ClN2O/c1-3-7-4-6(2)8(5-9(7)11)10(12)13-14/h4-5,14H,3H2,1-2H3,(H2,12,13). The number of benzene rings is 1. The Morgan fingerprint density at radius 3 is 2.71 bits per heavy atom. The second kappa shape index (κ2) is 4.33. The van der Waals surface area contributed by atoms with Gasteiger partial charge < -0.3 is 10.9 Å². The molecule has 0 spiro atoms. The molecule has 0 heterocycles. The summed E-state index contributed by atoms with van der Waals surface area (Å²) < 4.78 is 0. The van der Waals surface area contributed by atoms with Crippen LogP contribution in [0.15, 0.2) is 17.3 Å². The molecular weight excluding hydrogens is 200 g/mol. The van der Waals surface area contributed by atoms with Crippen molar-refractivity contribution in [3.8, 4) is 0 Å². The highest BCUT2D eigenvalue weighted by Crippen LogP contribution is 2.21. The lowest BCUT2D eigenvalue weighted by Crippen LogP contribution is -2.14. The molecule has 0 bridgehead atoms. The third-order valence-electron chi connectivity index (χ3n) is 2.16. The van der Waals surface area contributed by atoms with Gasteiger partial charge in [-0.15, -0.1) is 0 Å². The lowest BCUT2D eigenvalue weighted by atomic mass is 10.0. The lowest BCUT2D eigenvalue weighted by Gasteiger charge is -2.08. The van der Waals surface area contributed by atoms with E-state index in [2.05, 4.69) is 5.16 Å². The first-order valence-corrected chi connectivity index (χ1v) is 4.74. The van der Waals surface area contributed by atoms with E-state index >= 15 is 0 Å². The number of hydrogen-bond acceptors (Lipinski definition) is 2. The molecule has 0 unspecified atom stereocenters. The summed E-state index contributed by atoms with van der Waals surface area (Å²) in [7, 11) is 0. The molecule has 1 aromatic rings. The van der Waals surface area contributed by atoms with Crippen molar-refractivity contribution in [3.05, 3.63) is 33.8 Å². The van der Waals surface area contributed by atoms with Crippen molar-refractivity contribution < 1.29 is 5.21 Å². The summed E-state index contributed by atoms with van der Waals surface area (Å²) in [6, 6.07) is 3.68. The van der Waals surface area contributed by atoms with Crippen molar-refractivity contribution in [2.45, 2.75) is 20.3 Å². The highest BCUT2D eigenvalue weighted by molar-refractivity contribution is 6.31. The molecule has 0 atom stereocenters. The lowest BCUT2D eigenvalue weighted by molar-refractivity contribution is 0.318. The number of nitrogens with two attached hydrogens (primary N) is 1. The van der Waals surface area contributed by atoms with E-state index in [0.29, 0.717) is 10.6 Å². The molecule has 0 amide bonds. The summed E-state index contributed by atoms with van der Waals surface area (Å²) in [4.78, 5) is 0. The maximum atomic E-state index is 8.55. The minimum Gasteiger partial charge on any atom is -0.409 e. The first-order chi connectivity index (χ1) is 6.60. The fourth-order valence-electron chi connectivity index (χ4n) is 1.34. The zero-order chi connectivity index (χ0) is 10.7. The Bertz CT molecular complexity index is 375. The number of halogens is 1. The van der Waals surface area contributed by atoms with E-state index in [9.17, 15) is 0 Å². The largest absolute Gasteiger partial charge is 0.409 e. The van der Waals surface area contributed by atoms with Crippen LogP contribution in [0.4, 0.5) is 0 Å². The molecule has 0 aromatic heterocycles. The molecule has 0 aliphatic rings. The molecule has 3 N–H and O–H groups in total. The summed E-state index contributed by atoms with van der Waals surface area (Å²) in [6.07, 6.45) is 0.871. The van der Waals surface area contributed by atoms with Crippen molar-refractivity contribution >= 4 is 17.4 Å². The molecule has 0 aliphatic carbocycles. The average Bonchev–Trinajstić information content (AvgIpc) is 2.19. The third-order valence-corrected chi connectivity index (χ3v) is 2.51. The Kier molecular flexibility index (Phi) is 3.36. The Labute approximate surface area is 88.2 Å². The first kappa shape index (κ1) is 10.9. The number of oxime groups is 1. The molecule has 0 saturated heterocycles. The fourth-order valence-corrected chi connectivity index (χ4v) is 1.64. The van der Waals surface area contributed by atoms with E-state index in [1.165, 1.54) is 0 Å². The van der Waals surface area contributed by atoms with E-state index < -0.39 is 0 Å². The van der Waals surface area contributed by atoms with Gasteiger partial charge in [-0.25, -0.2) is 0 Å². The summed E-state index contributed by atoms with van der Waals surface area (Å²) >= 11 is 6.01. The molecule has 0 radical (unpaired) electrons. The highest BCUT2D eigenvalue weighted by atomic mass is 35.5. The smallest absolute Gasteiger partial charge is 0.170 e. The number of nitrogens with zero attached hydrogens (tertiary/aromatic N) is 1. The maximum absolute atomic E-state index is 8.55. The predicted octanol–water partition coefficient (Wildman–Crippen LogP) is 2.31. The number of aryl methyl sites for hydroxylation is 2. The van der Waals surface area contributed by atoms with Gasteiger partial charge in [0.1, 0.15) is 0 Å². The monoisotopic (exact) mass is 212 g/mol.